The van der Waals surface area contributed by atoms with Crippen molar-refractivity contribution in [2.75, 3.05) is 13.1 Å². The molecule has 2 rings (SSSR count). The molecular formula is C10H19N. The Kier molecular flexibility index (Phi) is 1.71. The van der Waals surface area contributed by atoms with Gasteiger partial charge in [0.25, 0.3) is 0 Å². The van der Waals surface area contributed by atoms with Gasteiger partial charge in [0.15, 0.2) is 0 Å². The van der Waals surface area contributed by atoms with E-state index in [4.69, 9.17) is 0 Å². The van der Waals surface area contributed by atoms with Gasteiger partial charge in [-0.1, -0.05) is 13.8 Å². The fourth-order valence-corrected chi connectivity index (χ4v) is 2.80. The number of hydrogen-bond acceptors (Lipinski definition) is 1. The Bertz CT molecular complexity index is 145. The Labute approximate surface area is 69.6 Å². The third-order valence-electron chi connectivity index (χ3n) is 3.56. The summed E-state index contributed by atoms with van der Waals surface area (Å²) in [6.07, 6.45) is 4.39. The molecule has 1 saturated heterocycles. The molecular weight excluding hydrogens is 134 g/mol. The number of hydrogen-bond donors (Lipinski definition) is 1. The van der Waals surface area contributed by atoms with Gasteiger partial charge < -0.3 is 5.32 Å². The zero-order valence-electron chi connectivity index (χ0n) is 7.69. The van der Waals surface area contributed by atoms with Gasteiger partial charge in [0.05, 0.1) is 0 Å². The summed E-state index contributed by atoms with van der Waals surface area (Å²) in [5.74, 6) is 1.95. The highest BCUT2D eigenvalue weighted by atomic mass is 14.9. The summed E-state index contributed by atoms with van der Waals surface area (Å²) in [4.78, 5) is 0. The molecule has 0 amide bonds. The van der Waals surface area contributed by atoms with Crippen molar-refractivity contribution in [1.82, 2.24) is 5.32 Å². The molecule has 0 radical (unpaired) electrons. The van der Waals surface area contributed by atoms with Gasteiger partial charge in [0.2, 0.25) is 0 Å². The second-order valence-corrected chi connectivity index (χ2v) is 4.70. The molecule has 2 atom stereocenters. The molecule has 0 aromatic rings. The van der Waals surface area contributed by atoms with Crippen molar-refractivity contribution < 1.29 is 0 Å². The molecule has 0 aromatic heterocycles. The normalized spacial score (nSPS) is 43.4. The van der Waals surface area contributed by atoms with Gasteiger partial charge in [0.1, 0.15) is 0 Å². The van der Waals surface area contributed by atoms with Crippen LogP contribution in [-0.4, -0.2) is 13.1 Å². The first kappa shape index (κ1) is 7.60. The summed E-state index contributed by atoms with van der Waals surface area (Å²) in [5, 5.41) is 3.52. The lowest BCUT2D eigenvalue weighted by atomic mass is 9.90. The van der Waals surface area contributed by atoms with E-state index in [0.29, 0.717) is 0 Å². The summed E-state index contributed by atoms with van der Waals surface area (Å²) in [6, 6.07) is 0. The van der Waals surface area contributed by atoms with E-state index in [1.165, 1.54) is 32.4 Å². The highest BCUT2D eigenvalue weighted by Crippen LogP contribution is 2.59. The number of nitrogens with one attached hydrogen (secondary N) is 1. The Hall–Kier alpha value is -0.0400. The minimum Gasteiger partial charge on any atom is -0.316 e. The van der Waals surface area contributed by atoms with Gasteiger partial charge in [-0.2, -0.15) is 0 Å². The molecule has 1 saturated carbocycles. The zero-order chi connectivity index (χ0) is 7.90. The molecule has 1 heteroatoms. The molecule has 2 unspecified atom stereocenters. The lowest BCUT2D eigenvalue weighted by molar-refractivity contribution is 0.301. The largest absolute Gasteiger partial charge is 0.316 e. The molecule has 2 aliphatic rings. The fourth-order valence-electron chi connectivity index (χ4n) is 2.80. The van der Waals surface area contributed by atoms with Crippen LogP contribution < -0.4 is 5.32 Å². The van der Waals surface area contributed by atoms with Crippen LogP contribution >= 0.6 is 0 Å². The Morgan fingerprint density at radius 2 is 2.27 bits per heavy atom. The molecule has 0 aromatic carbocycles. The van der Waals surface area contributed by atoms with Crippen molar-refractivity contribution in [2.24, 2.45) is 17.3 Å². The molecule has 1 nitrogen and oxygen atoms in total. The first-order valence-electron chi connectivity index (χ1n) is 4.95. The van der Waals surface area contributed by atoms with Crippen LogP contribution in [0, 0.1) is 17.3 Å². The minimum absolute atomic E-state index is 0.756. The van der Waals surface area contributed by atoms with Crippen LogP contribution in [0.25, 0.3) is 0 Å². The predicted molar refractivity (Wildman–Crippen MR) is 47.5 cm³/mol. The Morgan fingerprint density at radius 1 is 1.45 bits per heavy atom. The topological polar surface area (TPSA) is 12.0 Å². The average molecular weight is 153 g/mol. The number of rotatable bonds is 1. The van der Waals surface area contributed by atoms with Gasteiger partial charge in [-0.15, -0.1) is 0 Å². The maximum Gasteiger partial charge on any atom is 0.00107 e. The summed E-state index contributed by atoms with van der Waals surface area (Å²) in [7, 11) is 0. The van der Waals surface area contributed by atoms with Crippen molar-refractivity contribution in [3.05, 3.63) is 0 Å². The van der Waals surface area contributed by atoms with Gasteiger partial charge >= 0.3 is 0 Å². The molecule has 0 bridgehead atoms. The van der Waals surface area contributed by atoms with E-state index >= 15 is 0 Å². The van der Waals surface area contributed by atoms with E-state index < -0.39 is 0 Å². The van der Waals surface area contributed by atoms with E-state index in [-0.39, 0.29) is 0 Å². The van der Waals surface area contributed by atoms with Gasteiger partial charge in [-0.25, -0.2) is 0 Å². The Morgan fingerprint density at radius 3 is 2.73 bits per heavy atom. The van der Waals surface area contributed by atoms with Gasteiger partial charge in [-0.3, -0.25) is 0 Å². The van der Waals surface area contributed by atoms with Crippen LogP contribution in [-0.2, 0) is 0 Å². The van der Waals surface area contributed by atoms with Crippen LogP contribution in [0.5, 0.6) is 0 Å². The first-order chi connectivity index (χ1) is 5.25. The highest BCUT2D eigenvalue weighted by Gasteiger charge is 2.54. The maximum atomic E-state index is 3.52. The zero-order valence-corrected chi connectivity index (χ0v) is 7.69. The third kappa shape index (κ3) is 1.20. The minimum atomic E-state index is 0.756. The predicted octanol–water partition coefficient (Wildman–Crippen LogP) is 2.03. The molecule has 1 spiro atoms. The van der Waals surface area contributed by atoms with E-state index in [2.05, 4.69) is 19.2 Å². The third-order valence-corrected chi connectivity index (χ3v) is 3.56. The first-order valence-corrected chi connectivity index (χ1v) is 4.95. The monoisotopic (exact) mass is 153 g/mol. The summed E-state index contributed by atoms with van der Waals surface area (Å²) >= 11 is 0. The van der Waals surface area contributed by atoms with Crippen molar-refractivity contribution in [3.63, 3.8) is 0 Å². The fraction of sp³-hybridized carbons (Fsp3) is 1.00. The van der Waals surface area contributed by atoms with E-state index in [0.717, 1.165) is 17.3 Å². The van der Waals surface area contributed by atoms with Crippen molar-refractivity contribution >= 4 is 0 Å². The lowest BCUT2D eigenvalue weighted by Gasteiger charge is -2.24. The number of piperidine rings is 1. The second kappa shape index (κ2) is 2.48. The molecule has 2 fully saturated rings. The van der Waals surface area contributed by atoms with E-state index in [1.807, 2.05) is 0 Å². The average Bonchev–Trinajstić information content (AvgIpc) is 2.66. The lowest BCUT2D eigenvalue weighted by Crippen LogP contribution is -2.32. The molecule has 1 aliphatic carbocycles. The van der Waals surface area contributed by atoms with Crippen LogP contribution in [0.1, 0.15) is 33.1 Å². The molecule has 1 aliphatic heterocycles. The van der Waals surface area contributed by atoms with Crippen LogP contribution in [0.2, 0.25) is 0 Å². The summed E-state index contributed by atoms with van der Waals surface area (Å²) in [5.41, 5.74) is 0.756. The maximum absolute atomic E-state index is 3.52. The molecule has 64 valence electrons. The van der Waals surface area contributed by atoms with E-state index in [1.54, 1.807) is 0 Å². The van der Waals surface area contributed by atoms with Crippen molar-refractivity contribution in [1.29, 1.82) is 0 Å². The van der Waals surface area contributed by atoms with Gasteiger partial charge in [-0.05, 0) is 43.1 Å². The standard InChI is InChI=1S/C10H19N/c1-8(2)9-6-10(9)4-3-5-11-7-10/h8-9,11H,3-7H2,1-2H3. The van der Waals surface area contributed by atoms with Crippen molar-refractivity contribution in [3.8, 4) is 0 Å². The Balaban J connectivity index is 1.93. The van der Waals surface area contributed by atoms with Crippen LogP contribution in [0.15, 0.2) is 0 Å². The second-order valence-electron chi connectivity index (χ2n) is 4.70. The van der Waals surface area contributed by atoms with Gasteiger partial charge in [0, 0.05) is 6.54 Å². The van der Waals surface area contributed by atoms with Crippen molar-refractivity contribution in [2.45, 2.75) is 33.1 Å². The van der Waals surface area contributed by atoms with E-state index in [9.17, 15) is 0 Å². The molecule has 1 N–H and O–H groups in total. The highest BCUT2D eigenvalue weighted by molar-refractivity contribution is 5.05. The molecule has 1 heterocycles. The molecule has 11 heavy (non-hydrogen) atoms. The van der Waals surface area contributed by atoms with Crippen LogP contribution in [0.4, 0.5) is 0 Å². The smallest absolute Gasteiger partial charge is 0.00107 e. The quantitative estimate of drug-likeness (QED) is 0.608. The van der Waals surface area contributed by atoms with Crippen LogP contribution in [0.3, 0.4) is 0 Å². The summed E-state index contributed by atoms with van der Waals surface area (Å²) in [6.45, 7) is 7.30. The summed E-state index contributed by atoms with van der Waals surface area (Å²) < 4.78 is 0. The SMILES string of the molecule is CC(C)C1CC12CCCNC2.